The van der Waals surface area contributed by atoms with Crippen molar-refractivity contribution in [2.45, 2.75) is 33.0 Å². The molecule has 0 saturated carbocycles. The Bertz CT molecular complexity index is 1750. The summed E-state index contributed by atoms with van der Waals surface area (Å²) in [6.45, 7) is 8.67. The van der Waals surface area contributed by atoms with Gasteiger partial charge in [0.05, 0.1) is 11.8 Å². The number of aryl methyl sites for hydroxylation is 2. The number of furan rings is 1. The van der Waals surface area contributed by atoms with Crippen molar-refractivity contribution >= 4 is 10.9 Å². The Labute approximate surface area is 236 Å². The first-order valence-corrected chi connectivity index (χ1v) is 13.8. The van der Waals surface area contributed by atoms with Crippen LogP contribution in [0.1, 0.15) is 39.9 Å². The summed E-state index contributed by atoms with van der Waals surface area (Å²) in [5, 5.41) is 13.8. The lowest BCUT2D eigenvalue weighted by Gasteiger charge is -2.38. The number of aromatic nitrogens is 5. The molecule has 1 atom stereocenters. The molecular formula is C30H31N7O4. The van der Waals surface area contributed by atoms with Crippen molar-refractivity contribution in [3.63, 3.8) is 0 Å². The summed E-state index contributed by atoms with van der Waals surface area (Å²) in [4.78, 5) is 21.6. The molecule has 1 fully saturated rings. The molecule has 11 nitrogen and oxygen atoms in total. The van der Waals surface area contributed by atoms with E-state index in [-0.39, 0.29) is 12.4 Å². The minimum atomic E-state index is -0.430. The van der Waals surface area contributed by atoms with Gasteiger partial charge in [0.1, 0.15) is 18.3 Å². The number of pyridine rings is 1. The summed E-state index contributed by atoms with van der Waals surface area (Å²) in [7, 11) is 0. The van der Waals surface area contributed by atoms with Crippen LogP contribution < -0.4 is 15.0 Å². The summed E-state index contributed by atoms with van der Waals surface area (Å²) in [6, 6.07) is 15.6. The predicted octanol–water partition coefficient (Wildman–Crippen LogP) is 3.41. The number of nitrogens with zero attached hydrogens (tertiary/aromatic N) is 6. The summed E-state index contributed by atoms with van der Waals surface area (Å²) in [6.07, 6.45) is 1.63. The van der Waals surface area contributed by atoms with Crippen LogP contribution in [0.3, 0.4) is 0 Å². The average Bonchev–Trinajstić information content (AvgIpc) is 3.76. The van der Waals surface area contributed by atoms with Gasteiger partial charge in [-0.2, -0.15) is 0 Å². The average molecular weight is 554 g/mol. The van der Waals surface area contributed by atoms with Gasteiger partial charge in [-0.05, 0) is 71.3 Å². The second-order valence-corrected chi connectivity index (χ2v) is 10.7. The number of rotatable bonds is 7. The van der Waals surface area contributed by atoms with E-state index in [9.17, 15) is 4.79 Å². The van der Waals surface area contributed by atoms with Gasteiger partial charge in [-0.3, -0.25) is 14.6 Å². The maximum Gasteiger partial charge on any atom is 0.253 e. The topological polar surface area (TPSA) is 115 Å². The van der Waals surface area contributed by atoms with E-state index in [1.807, 2.05) is 37.3 Å². The molecule has 2 aromatic carbocycles. The van der Waals surface area contributed by atoms with Crippen molar-refractivity contribution in [1.82, 2.24) is 35.0 Å². The lowest BCUT2D eigenvalue weighted by atomic mass is 9.99. The fourth-order valence-electron chi connectivity index (χ4n) is 5.84. The Hall–Kier alpha value is -4.48. The number of piperazine rings is 1. The Morgan fingerprint density at radius 2 is 1.78 bits per heavy atom. The van der Waals surface area contributed by atoms with E-state index >= 15 is 0 Å². The van der Waals surface area contributed by atoms with Crippen LogP contribution in [0.4, 0.5) is 0 Å². The quantitative estimate of drug-likeness (QED) is 0.324. The number of H-pyrrole nitrogens is 1. The van der Waals surface area contributed by atoms with Gasteiger partial charge < -0.3 is 18.9 Å². The molecule has 0 radical (unpaired) electrons. The van der Waals surface area contributed by atoms with Crippen LogP contribution in [0.2, 0.25) is 0 Å². The lowest BCUT2D eigenvalue weighted by molar-refractivity contribution is 0.0997. The summed E-state index contributed by atoms with van der Waals surface area (Å²) in [5.74, 6) is 2.94. The first kappa shape index (κ1) is 25.5. The van der Waals surface area contributed by atoms with Crippen LogP contribution in [0.15, 0.2) is 64.0 Å². The minimum Gasteiger partial charge on any atom is -0.467 e. The molecule has 7 rings (SSSR count). The highest BCUT2D eigenvalue weighted by Gasteiger charge is 2.33. The number of hydrogen-bond donors (Lipinski definition) is 1. The molecule has 210 valence electrons. The summed E-state index contributed by atoms with van der Waals surface area (Å²) >= 11 is 0. The Morgan fingerprint density at radius 3 is 2.61 bits per heavy atom. The van der Waals surface area contributed by atoms with E-state index in [1.165, 1.54) is 5.56 Å². The standard InChI is InChI=1S/C30H31N7O4/c1-19-5-6-20(2)27-23(19)15-24(30(38)31-27)28(29-32-33-34-37(29)17-22-4-3-13-39-22)36-11-9-35(10-12-36)16-21-7-8-25-26(14-21)41-18-40-25/h3-8,13-15,28H,9-12,16-18H2,1-2H3,(H,31,38)/t28-/m1/s1. The van der Waals surface area contributed by atoms with Gasteiger partial charge in [0.15, 0.2) is 17.3 Å². The Balaban J connectivity index is 1.21. The van der Waals surface area contributed by atoms with Gasteiger partial charge >= 0.3 is 0 Å². The molecule has 0 bridgehead atoms. The fraction of sp³-hybridized carbons (Fsp3) is 0.333. The molecule has 2 aliphatic rings. The van der Waals surface area contributed by atoms with Crippen molar-refractivity contribution in [3.05, 3.63) is 99.0 Å². The number of hydrogen-bond acceptors (Lipinski definition) is 9. The molecule has 0 unspecified atom stereocenters. The third-order valence-electron chi connectivity index (χ3n) is 8.07. The molecule has 1 saturated heterocycles. The van der Waals surface area contributed by atoms with Crippen molar-refractivity contribution < 1.29 is 13.9 Å². The number of tetrazole rings is 1. The highest BCUT2D eigenvalue weighted by Crippen LogP contribution is 2.33. The van der Waals surface area contributed by atoms with Crippen molar-refractivity contribution in [1.29, 1.82) is 0 Å². The van der Waals surface area contributed by atoms with Crippen LogP contribution in [0, 0.1) is 13.8 Å². The van der Waals surface area contributed by atoms with Crippen LogP contribution in [0.5, 0.6) is 11.5 Å². The van der Waals surface area contributed by atoms with E-state index in [1.54, 1.807) is 10.9 Å². The summed E-state index contributed by atoms with van der Waals surface area (Å²) < 4.78 is 18.3. The molecule has 41 heavy (non-hydrogen) atoms. The van der Waals surface area contributed by atoms with Crippen LogP contribution >= 0.6 is 0 Å². The molecule has 0 amide bonds. The van der Waals surface area contributed by atoms with Gasteiger partial charge in [-0.25, -0.2) is 4.68 Å². The number of aromatic amines is 1. The summed E-state index contributed by atoms with van der Waals surface area (Å²) in [5.41, 5.74) is 4.67. The molecular weight excluding hydrogens is 522 g/mol. The first-order valence-electron chi connectivity index (χ1n) is 13.8. The molecule has 0 aliphatic carbocycles. The zero-order valence-corrected chi connectivity index (χ0v) is 23.0. The smallest absolute Gasteiger partial charge is 0.253 e. The normalized spacial score (nSPS) is 16.4. The Kier molecular flexibility index (Phi) is 6.52. The van der Waals surface area contributed by atoms with Crippen LogP contribution in [-0.4, -0.2) is 68.0 Å². The molecule has 5 aromatic rings. The largest absolute Gasteiger partial charge is 0.467 e. The number of nitrogens with one attached hydrogen (secondary N) is 1. The SMILES string of the molecule is Cc1ccc(C)c2[nH]c(=O)c([C@H](c3nnnn3Cc3ccco3)N3CCN(Cc4ccc5c(c4)OCO5)CC3)cc12. The van der Waals surface area contributed by atoms with Crippen LogP contribution in [-0.2, 0) is 13.1 Å². The predicted molar refractivity (Wildman–Crippen MR) is 151 cm³/mol. The second-order valence-electron chi connectivity index (χ2n) is 10.7. The fourth-order valence-corrected chi connectivity index (χ4v) is 5.84. The van der Waals surface area contributed by atoms with E-state index in [0.717, 1.165) is 72.0 Å². The van der Waals surface area contributed by atoms with Gasteiger partial charge in [-0.15, -0.1) is 5.10 Å². The maximum absolute atomic E-state index is 13.7. The number of fused-ring (bicyclic) bond motifs is 2. The van der Waals surface area contributed by atoms with E-state index in [4.69, 9.17) is 13.9 Å². The van der Waals surface area contributed by atoms with E-state index < -0.39 is 6.04 Å². The maximum atomic E-state index is 13.7. The van der Waals surface area contributed by atoms with Gasteiger partial charge in [-0.1, -0.05) is 18.2 Å². The molecule has 11 heteroatoms. The minimum absolute atomic E-state index is 0.133. The molecule has 0 spiro atoms. The zero-order valence-electron chi connectivity index (χ0n) is 23.0. The number of benzene rings is 2. The number of ether oxygens (including phenoxy) is 2. The Morgan fingerprint density at radius 1 is 0.951 bits per heavy atom. The third-order valence-corrected chi connectivity index (χ3v) is 8.07. The highest BCUT2D eigenvalue weighted by atomic mass is 16.7. The van der Waals surface area contributed by atoms with Crippen molar-refractivity contribution in [2.75, 3.05) is 33.0 Å². The third kappa shape index (κ3) is 4.87. The van der Waals surface area contributed by atoms with Gasteiger partial charge in [0.25, 0.3) is 5.56 Å². The lowest BCUT2D eigenvalue weighted by Crippen LogP contribution is -2.48. The van der Waals surface area contributed by atoms with Crippen molar-refractivity contribution in [3.8, 4) is 11.5 Å². The molecule has 3 aromatic heterocycles. The highest BCUT2D eigenvalue weighted by molar-refractivity contribution is 5.85. The molecule has 2 aliphatic heterocycles. The van der Waals surface area contributed by atoms with Gasteiger partial charge in [0.2, 0.25) is 6.79 Å². The monoisotopic (exact) mass is 553 g/mol. The van der Waals surface area contributed by atoms with E-state index in [2.05, 4.69) is 55.4 Å². The first-order chi connectivity index (χ1) is 20.0. The zero-order chi connectivity index (χ0) is 27.9. The molecule has 1 N–H and O–H groups in total. The van der Waals surface area contributed by atoms with Gasteiger partial charge in [0, 0.05) is 43.7 Å². The van der Waals surface area contributed by atoms with Crippen LogP contribution in [0.25, 0.3) is 10.9 Å². The molecule has 5 heterocycles. The van der Waals surface area contributed by atoms with Crippen molar-refractivity contribution in [2.24, 2.45) is 0 Å². The van der Waals surface area contributed by atoms with E-state index in [0.29, 0.717) is 17.9 Å². The second kappa shape index (κ2) is 10.5.